The summed E-state index contributed by atoms with van der Waals surface area (Å²) in [6, 6.07) is 0.105. The van der Waals surface area contributed by atoms with Crippen LogP contribution in [-0.4, -0.2) is 55.3 Å². The Labute approximate surface area is 102 Å². The van der Waals surface area contributed by atoms with E-state index in [0.717, 1.165) is 25.9 Å². The van der Waals surface area contributed by atoms with Crippen molar-refractivity contribution in [3.05, 3.63) is 0 Å². The van der Waals surface area contributed by atoms with Crippen molar-refractivity contribution in [1.29, 1.82) is 0 Å². The molecule has 0 spiro atoms. The van der Waals surface area contributed by atoms with Crippen LogP contribution < -0.4 is 4.72 Å². The van der Waals surface area contributed by atoms with Gasteiger partial charge in [-0.3, -0.25) is 9.69 Å². The number of carboxylic acid groups (broad SMARTS) is 1. The minimum Gasteiger partial charge on any atom is -0.480 e. The molecule has 17 heavy (non-hydrogen) atoms. The monoisotopic (exact) mass is 264 g/mol. The van der Waals surface area contributed by atoms with Crippen LogP contribution in [-0.2, 0) is 14.8 Å². The van der Waals surface area contributed by atoms with E-state index in [1.54, 1.807) is 0 Å². The Morgan fingerprint density at radius 3 is 2.35 bits per heavy atom. The zero-order valence-corrected chi connectivity index (χ0v) is 11.0. The lowest BCUT2D eigenvalue weighted by Crippen LogP contribution is -2.44. The summed E-state index contributed by atoms with van der Waals surface area (Å²) in [4.78, 5) is 12.8. The van der Waals surface area contributed by atoms with E-state index in [1.807, 2.05) is 6.92 Å². The Morgan fingerprint density at radius 1 is 1.35 bits per heavy atom. The molecule has 1 fully saturated rings. The second-order valence-corrected chi connectivity index (χ2v) is 6.55. The van der Waals surface area contributed by atoms with Gasteiger partial charge in [-0.1, -0.05) is 0 Å². The summed E-state index contributed by atoms with van der Waals surface area (Å²) in [5.41, 5.74) is 0. The number of rotatable bonds is 6. The molecule has 2 atom stereocenters. The molecule has 1 aliphatic heterocycles. The molecule has 0 aromatic carbocycles. The maximum Gasteiger partial charge on any atom is 0.323 e. The van der Waals surface area contributed by atoms with Gasteiger partial charge in [0.05, 0.1) is 0 Å². The molecular weight excluding hydrogens is 244 g/mol. The molecule has 0 radical (unpaired) electrons. The van der Waals surface area contributed by atoms with Crippen LogP contribution >= 0.6 is 0 Å². The van der Waals surface area contributed by atoms with Crippen molar-refractivity contribution in [3.8, 4) is 0 Å². The molecule has 0 aromatic heterocycles. The Morgan fingerprint density at radius 2 is 1.88 bits per heavy atom. The second-order valence-electron chi connectivity index (χ2n) is 4.47. The fourth-order valence-corrected chi connectivity index (χ4v) is 2.79. The summed E-state index contributed by atoms with van der Waals surface area (Å²) in [5.74, 6) is -1.33. The van der Waals surface area contributed by atoms with Crippen molar-refractivity contribution >= 4 is 16.0 Å². The number of sulfonamides is 1. The quantitative estimate of drug-likeness (QED) is 0.697. The summed E-state index contributed by atoms with van der Waals surface area (Å²) in [5, 5.41) is 7.26. The number of nitrogens with zero attached hydrogens (tertiary/aromatic N) is 1. The minimum atomic E-state index is -3.76. The van der Waals surface area contributed by atoms with Gasteiger partial charge in [-0.25, -0.2) is 13.1 Å². The first-order valence-corrected chi connectivity index (χ1v) is 7.34. The average Bonchev–Trinajstić information content (AvgIpc) is 2.78. The first kappa shape index (κ1) is 14.4. The average molecular weight is 264 g/mol. The summed E-state index contributed by atoms with van der Waals surface area (Å²) in [6.45, 7) is 5.35. The lowest BCUT2D eigenvalue weighted by Gasteiger charge is -2.24. The van der Waals surface area contributed by atoms with Crippen LogP contribution in [0.3, 0.4) is 0 Å². The van der Waals surface area contributed by atoms with E-state index in [4.69, 9.17) is 5.11 Å². The van der Waals surface area contributed by atoms with E-state index < -0.39 is 21.2 Å². The van der Waals surface area contributed by atoms with Gasteiger partial charge in [0, 0.05) is 12.6 Å². The van der Waals surface area contributed by atoms with Crippen molar-refractivity contribution in [2.24, 2.45) is 0 Å². The molecule has 1 rings (SSSR count). The van der Waals surface area contributed by atoms with Crippen LogP contribution in [0.15, 0.2) is 0 Å². The Balaban J connectivity index is 2.46. The van der Waals surface area contributed by atoms with Crippen molar-refractivity contribution in [2.75, 3.05) is 19.6 Å². The van der Waals surface area contributed by atoms with Crippen molar-refractivity contribution < 1.29 is 18.3 Å². The molecule has 1 saturated heterocycles. The van der Waals surface area contributed by atoms with Gasteiger partial charge < -0.3 is 5.11 Å². The number of carbonyl (C=O) groups is 1. The standard InChI is InChI=1S/C10H20N2O4S/c1-8(12-5-3-4-6-12)7-11-17(15,16)9(2)10(13)14/h8-9,11H,3-7H2,1-2H3,(H,13,14). The number of aliphatic carboxylic acids is 1. The van der Waals surface area contributed by atoms with Crippen LogP contribution in [0, 0.1) is 0 Å². The topological polar surface area (TPSA) is 86.7 Å². The predicted octanol–water partition coefficient (Wildman–Crippen LogP) is -0.137. The largest absolute Gasteiger partial charge is 0.480 e. The van der Waals surface area contributed by atoms with Gasteiger partial charge in [0.15, 0.2) is 5.25 Å². The second kappa shape index (κ2) is 5.79. The van der Waals surface area contributed by atoms with E-state index in [1.165, 1.54) is 6.92 Å². The molecular formula is C10H20N2O4S. The third-order valence-electron chi connectivity index (χ3n) is 3.16. The summed E-state index contributed by atoms with van der Waals surface area (Å²) in [7, 11) is -3.76. The summed E-state index contributed by atoms with van der Waals surface area (Å²) < 4.78 is 25.5. The van der Waals surface area contributed by atoms with Crippen LogP contribution in [0.4, 0.5) is 0 Å². The maximum atomic E-state index is 11.6. The van der Waals surface area contributed by atoms with E-state index in [2.05, 4.69) is 9.62 Å². The highest BCUT2D eigenvalue weighted by molar-refractivity contribution is 7.90. The highest BCUT2D eigenvalue weighted by Crippen LogP contribution is 2.11. The highest BCUT2D eigenvalue weighted by Gasteiger charge is 2.28. The summed E-state index contributed by atoms with van der Waals surface area (Å²) >= 11 is 0. The van der Waals surface area contributed by atoms with Crippen LogP contribution in [0.25, 0.3) is 0 Å². The molecule has 2 unspecified atom stereocenters. The Hall–Kier alpha value is -0.660. The Kier molecular flexibility index (Phi) is 4.91. The van der Waals surface area contributed by atoms with Gasteiger partial charge in [0.1, 0.15) is 0 Å². The number of nitrogens with one attached hydrogen (secondary N) is 1. The number of likely N-dealkylation sites (tertiary alicyclic amines) is 1. The lowest BCUT2D eigenvalue weighted by atomic mass is 10.3. The fourth-order valence-electron chi connectivity index (χ4n) is 1.81. The van der Waals surface area contributed by atoms with Gasteiger partial charge in [-0.15, -0.1) is 0 Å². The summed E-state index contributed by atoms with van der Waals surface area (Å²) in [6.07, 6.45) is 2.28. The number of hydrogen-bond acceptors (Lipinski definition) is 4. The zero-order valence-electron chi connectivity index (χ0n) is 10.2. The smallest absolute Gasteiger partial charge is 0.323 e. The molecule has 1 heterocycles. The number of hydrogen-bond donors (Lipinski definition) is 2. The van der Waals surface area contributed by atoms with Gasteiger partial charge in [-0.05, 0) is 39.8 Å². The molecule has 0 bridgehead atoms. The molecule has 0 amide bonds. The van der Waals surface area contributed by atoms with Crippen molar-refractivity contribution in [1.82, 2.24) is 9.62 Å². The molecule has 1 aliphatic rings. The van der Waals surface area contributed by atoms with Gasteiger partial charge in [-0.2, -0.15) is 0 Å². The SMILES string of the molecule is CC(CNS(=O)(=O)C(C)C(=O)O)N1CCCC1. The first-order chi connectivity index (χ1) is 7.84. The van der Waals surface area contributed by atoms with Crippen LogP contribution in [0.1, 0.15) is 26.7 Å². The molecule has 7 heteroatoms. The maximum absolute atomic E-state index is 11.6. The third-order valence-corrected chi connectivity index (χ3v) is 4.86. The van der Waals surface area contributed by atoms with Gasteiger partial charge in [0.25, 0.3) is 0 Å². The third kappa shape index (κ3) is 3.93. The van der Waals surface area contributed by atoms with E-state index in [-0.39, 0.29) is 12.6 Å². The predicted molar refractivity (Wildman–Crippen MR) is 64.3 cm³/mol. The van der Waals surface area contributed by atoms with Gasteiger partial charge in [0.2, 0.25) is 10.0 Å². The zero-order chi connectivity index (χ0) is 13.1. The van der Waals surface area contributed by atoms with Crippen molar-refractivity contribution in [2.45, 2.75) is 38.0 Å². The highest BCUT2D eigenvalue weighted by atomic mass is 32.2. The minimum absolute atomic E-state index is 0.105. The molecule has 6 nitrogen and oxygen atoms in total. The molecule has 0 aliphatic carbocycles. The molecule has 0 saturated carbocycles. The van der Waals surface area contributed by atoms with E-state index in [9.17, 15) is 13.2 Å². The van der Waals surface area contributed by atoms with E-state index >= 15 is 0 Å². The van der Waals surface area contributed by atoms with Crippen LogP contribution in [0.2, 0.25) is 0 Å². The molecule has 0 aromatic rings. The fraction of sp³-hybridized carbons (Fsp3) is 0.900. The lowest BCUT2D eigenvalue weighted by molar-refractivity contribution is -0.136. The molecule has 100 valence electrons. The van der Waals surface area contributed by atoms with Crippen LogP contribution in [0.5, 0.6) is 0 Å². The Bertz CT molecular complexity index is 363. The number of carboxylic acids is 1. The normalized spacial score (nSPS) is 21.3. The van der Waals surface area contributed by atoms with Crippen molar-refractivity contribution in [3.63, 3.8) is 0 Å². The molecule has 2 N–H and O–H groups in total. The first-order valence-electron chi connectivity index (χ1n) is 5.80. The van der Waals surface area contributed by atoms with E-state index in [0.29, 0.717) is 0 Å². The van der Waals surface area contributed by atoms with Gasteiger partial charge >= 0.3 is 5.97 Å².